The largest absolute Gasteiger partial charge is 0.314 e. The van der Waals surface area contributed by atoms with E-state index in [1.54, 1.807) is 12.1 Å². The van der Waals surface area contributed by atoms with Gasteiger partial charge in [0.2, 0.25) is 0 Å². The summed E-state index contributed by atoms with van der Waals surface area (Å²) in [6.07, 6.45) is 2.80. The molecule has 0 aliphatic rings. The normalized spacial score (nSPS) is 12.6. The minimum absolute atomic E-state index is 0.243. The molecule has 0 fully saturated rings. The van der Waals surface area contributed by atoms with E-state index in [2.05, 4.69) is 26.1 Å². The third-order valence-corrected chi connectivity index (χ3v) is 3.42. The average molecular weight is 264 g/mol. The van der Waals surface area contributed by atoms with Crippen LogP contribution in [0.1, 0.15) is 39.2 Å². The van der Waals surface area contributed by atoms with Crippen LogP contribution in [0, 0.1) is 16.0 Å². The van der Waals surface area contributed by atoms with Gasteiger partial charge in [0.05, 0.1) is 4.92 Å². The summed E-state index contributed by atoms with van der Waals surface area (Å²) in [5.74, 6) is 0.589. The predicted octanol–water partition coefficient (Wildman–Crippen LogP) is 3.55. The van der Waals surface area contributed by atoms with Crippen molar-refractivity contribution in [3.05, 3.63) is 39.9 Å². The fourth-order valence-electron chi connectivity index (χ4n) is 2.35. The highest BCUT2D eigenvalue weighted by molar-refractivity contribution is 5.39. The van der Waals surface area contributed by atoms with Crippen molar-refractivity contribution in [3.8, 4) is 0 Å². The van der Waals surface area contributed by atoms with Gasteiger partial charge < -0.3 is 5.32 Å². The summed E-state index contributed by atoms with van der Waals surface area (Å²) < 4.78 is 0. The minimum atomic E-state index is -0.292. The highest BCUT2D eigenvalue weighted by atomic mass is 16.6. The molecule has 1 rings (SSSR count). The number of nitro groups is 1. The van der Waals surface area contributed by atoms with Crippen molar-refractivity contribution >= 4 is 5.69 Å². The van der Waals surface area contributed by atoms with Gasteiger partial charge in [-0.25, -0.2) is 0 Å². The first kappa shape index (κ1) is 15.6. The Hall–Kier alpha value is -1.42. The Bertz CT molecular complexity index is 405. The number of nitrogens with one attached hydrogen (secondary N) is 1. The molecular formula is C15H24N2O2. The van der Waals surface area contributed by atoms with Gasteiger partial charge in [-0.15, -0.1) is 0 Å². The van der Waals surface area contributed by atoms with Crippen LogP contribution in [0.5, 0.6) is 0 Å². The lowest BCUT2D eigenvalue weighted by atomic mass is 9.96. The Morgan fingerprint density at radius 2 is 2.00 bits per heavy atom. The van der Waals surface area contributed by atoms with E-state index >= 15 is 0 Å². The summed E-state index contributed by atoms with van der Waals surface area (Å²) >= 11 is 0. The number of nitro benzene ring substituents is 1. The second-order valence-electron chi connectivity index (χ2n) is 5.19. The van der Waals surface area contributed by atoms with Crippen LogP contribution >= 0.6 is 0 Å². The SMILES string of the molecule is CCNC(CCCc1ccccc1[N+](=O)[O-])C(C)C. The Balaban J connectivity index is 2.55. The van der Waals surface area contributed by atoms with Crippen molar-refractivity contribution in [3.63, 3.8) is 0 Å². The molecule has 4 nitrogen and oxygen atoms in total. The molecule has 0 heterocycles. The topological polar surface area (TPSA) is 55.2 Å². The van der Waals surface area contributed by atoms with E-state index in [0.717, 1.165) is 31.4 Å². The zero-order chi connectivity index (χ0) is 14.3. The Labute approximate surface area is 115 Å². The Kier molecular flexibility index (Phi) is 6.50. The monoisotopic (exact) mass is 264 g/mol. The molecule has 4 heteroatoms. The zero-order valence-corrected chi connectivity index (χ0v) is 12.1. The third kappa shape index (κ3) is 4.99. The van der Waals surface area contributed by atoms with Gasteiger partial charge in [-0.2, -0.15) is 0 Å². The molecule has 0 spiro atoms. The molecule has 1 aromatic carbocycles. The molecule has 0 aromatic heterocycles. The fraction of sp³-hybridized carbons (Fsp3) is 0.600. The van der Waals surface area contributed by atoms with Gasteiger partial charge in [0.1, 0.15) is 0 Å². The van der Waals surface area contributed by atoms with Crippen molar-refractivity contribution in [2.45, 2.75) is 46.1 Å². The van der Waals surface area contributed by atoms with Gasteiger partial charge in [0, 0.05) is 17.7 Å². The maximum Gasteiger partial charge on any atom is 0.272 e. The molecule has 1 atom stereocenters. The maximum absolute atomic E-state index is 10.9. The summed E-state index contributed by atoms with van der Waals surface area (Å²) in [7, 11) is 0. The number of hydrogen-bond acceptors (Lipinski definition) is 3. The minimum Gasteiger partial charge on any atom is -0.314 e. The number of hydrogen-bond donors (Lipinski definition) is 1. The van der Waals surface area contributed by atoms with Gasteiger partial charge in [0.15, 0.2) is 0 Å². The van der Waals surface area contributed by atoms with Gasteiger partial charge in [-0.3, -0.25) is 10.1 Å². The van der Waals surface area contributed by atoms with Crippen LogP contribution in [-0.4, -0.2) is 17.5 Å². The second kappa shape index (κ2) is 7.89. The molecule has 1 N–H and O–H groups in total. The third-order valence-electron chi connectivity index (χ3n) is 3.42. The molecular weight excluding hydrogens is 240 g/mol. The standard InChI is InChI=1S/C15H24N2O2/c1-4-16-14(12(2)3)10-7-9-13-8-5-6-11-15(13)17(18)19/h5-6,8,11-12,14,16H,4,7,9-10H2,1-3H3. The van der Waals surface area contributed by atoms with Gasteiger partial charge in [-0.1, -0.05) is 39.0 Å². The Morgan fingerprint density at radius 1 is 1.32 bits per heavy atom. The van der Waals surface area contributed by atoms with E-state index < -0.39 is 0 Å². The van der Waals surface area contributed by atoms with E-state index in [1.807, 2.05) is 12.1 Å². The molecule has 106 valence electrons. The van der Waals surface area contributed by atoms with Gasteiger partial charge >= 0.3 is 0 Å². The van der Waals surface area contributed by atoms with Crippen molar-refractivity contribution in [1.29, 1.82) is 0 Å². The lowest BCUT2D eigenvalue weighted by Gasteiger charge is -2.21. The molecule has 0 radical (unpaired) electrons. The molecule has 0 saturated carbocycles. The smallest absolute Gasteiger partial charge is 0.272 e. The van der Waals surface area contributed by atoms with Crippen LogP contribution < -0.4 is 5.32 Å². The van der Waals surface area contributed by atoms with Crippen LogP contribution in [0.25, 0.3) is 0 Å². The number of nitrogens with zero attached hydrogens (tertiary/aromatic N) is 1. The summed E-state index contributed by atoms with van der Waals surface area (Å²) in [6.45, 7) is 7.49. The van der Waals surface area contributed by atoms with Crippen LogP contribution in [0.2, 0.25) is 0 Å². The molecule has 0 bridgehead atoms. The average Bonchev–Trinajstić information content (AvgIpc) is 2.38. The van der Waals surface area contributed by atoms with Crippen LogP contribution in [0.4, 0.5) is 5.69 Å². The van der Waals surface area contributed by atoms with Crippen LogP contribution in [0.15, 0.2) is 24.3 Å². The summed E-state index contributed by atoms with van der Waals surface area (Å²) in [5, 5.41) is 14.4. The van der Waals surface area contributed by atoms with E-state index in [9.17, 15) is 10.1 Å². The first-order valence-electron chi connectivity index (χ1n) is 7.02. The first-order valence-corrected chi connectivity index (χ1v) is 7.02. The lowest BCUT2D eigenvalue weighted by molar-refractivity contribution is -0.385. The van der Waals surface area contributed by atoms with Gasteiger partial charge in [0.25, 0.3) is 5.69 Å². The molecule has 1 unspecified atom stereocenters. The molecule has 1 aromatic rings. The quantitative estimate of drug-likeness (QED) is 0.577. The summed E-state index contributed by atoms with van der Waals surface area (Å²) in [6, 6.07) is 7.52. The fourth-order valence-corrected chi connectivity index (χ4v) is 2.35. The summed E-state index contributed by atoms with van der Waals surface area (Å²) in [4.78, 5) is 10.6. The number of aryl methyl sites for hydroxylation is 1. The van der Waals surface area contributed by atoms with Crippen LogP contribution in [-0.2, 0) is 6.42 Å². The number of benzene rings is 1. The van der Waals surface area contributed by atoms with Crippen molar-refractivity contribution in [2.75, 3.05) is 6.54 Å². The molecule has 0 amide bonds. The maximum atomic E-state index is 10.9. The second-order valence-corrected chi connectivity index (χ2v) is 5.19. The van der Waals surface area contributed by atoms with E-state index in [0.29, 0.717) is 12.0 Å². The Morgan fingerprint density at radius 3 is 2.58 bits per heavy atom. The molecule has 0 saturated heterocycles. The first-order chi connectivity index (χ1) is 9.06. The van der Waals surface area contributed by atoms with Crippen molar-refractivity contribution in [1.82, 2.24) is 5.32 Å². The van der Waals surface area contributed by atoms with E-state index in [1.165, 1.54) is 0 Å². The van der Waals surface area contributed by atoms with Crippen molar-refractivity contribution in [2.24, 2.45) is 5.92 Å². The molecule has 0 aliphatic carbocycles. The summed E-state index contributed by atoms with van der Waals surface area (Å²) in [5.41, 5.74) is 1.08. The number of para-hydroxylation sites is 1. The van der Waals surface area contributed by atoms with E-state index in [4.69, 9.17) is 0 Å². The number of rotatable bonds is 8. The van der Waals surface area contributed by atoms with E-state index in [-0.39, 0.29) is 10.6 Å². The molecule has 0 aliphatic heterocycles. The highest BCUT2D eigenvalue weighted by Crippen LogP contribution is 2.20. The predicted molar refractivity (Wildman–Crippen MR) is 78.3 cm³/mol. The molecule has 19 heavy (non-hydrogen) atoms. The van der Waals surface area contributed by atoms with Gasteiger partial charge in [-0.05, 0) is 31.7 Å². The zero-order valence-electron chi connectivity index (χ0n) is 12.1. The lowest BCUT2D eigenvalue weighted by Crippen LogP contribution is -2.33. The van der Waals surface area contributed by atoms with Crippen LogP contribution in [0.3, 0.4) is 0 Å². The highest BCUT2D eigenvalue weighted by Gasteiger charge is 2.14. The van der Waals surface area contributed by atoms with Crippen molar-refractivity contribution < 1.29 is 4.92 Å².